The first kappa shape index (κ1) is 14.6. The predicted octanol–water partition coefficient (Wildman–Crippen LogP) is 3.76. The van der Waals surface area contributed by atoms with Gasteiger partial charge in [0.1, 0.15) is 5.75 Å². The van der Waals surface area contributed by atoms with E-state index < -0.39 is 0 Å². The van der Waals surface area contributed by atoms with Gasteiger partial charge in [0.25, 0.3) is 5.22 Å². The number of ether oxygens (including phenoxy) is 1. The summed E-state index contributed by atoms with van der Waals surface area (Å²) in [4.78, 5) is 0. The van der Waals surface area contributed by atoms with Crippen molar-refractivity contribution in [3.05, 3.63) is 35.2 Å². The monoisotopic (exact) mass is 316 g/mol. The number of aromatic nitrogens is 2. The Morgan fingerprint density at radius 3 is 2.79 bits per heavy atom. The van der Waals surface area contributed by atoms with Gasteiger partial charge >= 0.3 is 0 Å². The number of hydrogen-bond donors (Lipinski definition) is 0. The molecule has 1 heterocycles. The van der Waals surface area contributed by atoms with Crippen LogP contribution in [-0.2, 0) is 5.75 Å². The molecular formula is C12H13ClN2O2S2. The standard InChI is InChI=1S/C12H13ClN2O2S2/c1-18-8-11-14-15-12(17-11)19-7-6-16-10-4-2-9(13)3-5-10/h2-5H,6-8H2,1H3. The third-order valence-electron chi connectivity index (χ3n) is 2.11. The zero-order valence-corrected chi connectivity index (χ0v) is 12.7. The van der Waals surface area contributed by atoms with Crippen molar-refractivity contribution < 1.29 is 9.15 Å². The molecule has 0 spiro atoms. The van der Waals surface area contributed by atoms with Crippen molar-refractivity contribution in [1.82, 2.24) is 10.2 Å². The number of rotatable bonds is 7. The molecule has 0 aliphatic heterocycles. The Hall–Kier alpha value is -0.850. The smallest absolute Gasteiger partial charge is 0.276 e. The summed E-state index contributed by atoms with van der Waals surface area (Å²) >= 11 is 8.93. The van der Waals surface area contributed by atoms with E-state index in [1.807, 2.05) is 18.4 Å². The Bertz CT molecular complexity index is 505. The molecule has 0 saturated carbocycles. The minimum Gasteiger partial charge on any atom is -0.493 e. The highest BCUT2D eigenvalue weighted by Crippen LogP contribution is 2.19. The molecule has 4 nitrogen and oxygen atoms in total. The summed E-state index contributed by atoms with van der Waals surface area (Å²) in [7, 11) is 0. The molecule has 0 fully saturated rings. The molecule has 0 unspecified atom stereocenters. The molecule has 19 heavy (non-hydrogen) atoms. The number of nitrogens with zero attached hydrogens (tertiary/aromatic N) is 2. The molecule has 0 aliphatic carbocycles. The van der Waals surface area contributed by atoms with Gasteiger partial charge in [0, 0.05) is 10.8 Å². The number of halogens is 1. The fourth-order valence-corrected chi connectivity index (χ4v) is 2.38. The van der Waals surface area contributed by atoms with Gasteiger partial charge in [-0.2, -0.15) is 11.8 Å². The fourth-order valence-electron chi connectivity index (χ4n) is 1.30. The van der Waals surface area contributed by atoms with Crippen LogP contribution in [0.5, 0.6) is 5.75 Å². The lowest BCUT2D eigenvalue weighted by molar-refractivity contribution is 0.343. The van der Waals surface area contributed by atoms with Gasteiger partial charge in [0.15, 0.2) is 0 Å². The summed E-state index contributed by atoms with van der Waals surface area (Å²) < 4.78 is 11.0. The maximum absolute atomic E-state index is 5.79. The summed E-state index contributed by atoms with van der Waals surface area (Å²) in [5, 5.41) is 9.18. The molecule has 2 rings (SSSR count). The van der Waals surface area contributed by atoms with Crippen molar-refractivity contribution in [2.24, 2.45) is 0 Å². The van der Waals surface area contributed by atoms with Crippen molar-refractivity contribution in [2.75, 3.05) is 18.6 Å². The lowest BCUT2D eigenvalue weighted by Crippen LogP contribution is -1.99. The zero-order chi connectivity index (χ0) is 13.5. The van der Waals surface area contributed by atoms with Crippen molar-refractivity contribution in [2.45, 2.75) is 11.0 Å². The van der Waals surface area contributed by atoms with Crippen LogP contribution in [0.1, 0.15) is 5.89 Å². The van der Waals surface area contributed by atoms with Gasteiger partial charge in [-0.25, -0.2) is 0 Å². The molecule has 0 bridgehead atoms. The molecule has 0 radical (unpaired) electrons. The molecule has 2 aromatic rings. The van der Waals surface area contributed by atoms with E-state index in [1.54, 1.807) is 23.9 Å². The van der Waals surface area contributed by atoms with Crippen LogP contribution in [-0.4, -0.2) is 28.8 Å². The molecule has 0 aliphatic rings. The largest absolute Gasteiger partial charge is 0.493 e. The van der Waals surface area contributed by atoms with Gasteiger partial charge < -0.3 is 9.15 Å². The van der Waals surface area contributed by atoms with E-state index in [4.69, 9.17) is 20.8 Å². The van der Waals surface area contributed by atoms with Crippen LogP contribution in [0.25, 0.3) is 0 Å². The van der Waals surface area contributed by atoms with Gasteiger partial charge in [-0.1, -0.05) is 23.4 Å². The topological polar surface area (TPSA) is 48.2 Å². The minimum absolute atomic E-state index is 0.576. The maximum atomic E-state index is 5.79. The first-order chi connectivity index (χ1) is 9.28. The average Bonchev–Trinajstić information content (AvgIpc) is 2.85. The first-order valence-electron chi connectivity index (χ1n) is 5.60. The van der Waals surface area contributed by atoms with E-state index in [9.17, 15) is 0 Å². The average molecular weight is 317 g/mol. The third-order valence-corrected chi connectivity index (χ3v) is 3.68. The second kappa shape index (κ2) is 7.67. The molecule has 0 saturated heterocycles. The Morgan fingerprint density at radius 1 is 1.26 bits per heavy atom. The highest BCUT2D eigenvalue weighted by atomic mass is 35.5. The summed E-state index contributed by atoms with van der Waals surface area (Å²) in [6.45, 7) is 0.576. The van der Waals surface area contributed by atoms with Crippen LogP contribution in [0, 0.1) is 0 Å². The first-order valence-corrected chi connectivity index (χ1v) is 8.36. The van der Waals surface area contributed by atoms with Gasteiger partial charge in [-0.05, 0) is 30.5 Å². The van der Waals surface area contributed by atoms with Crippen LogP contribution < -0.4 is 4.74 Å². The second-order valence-electron chi connectivity index (χ2n) is 3.55. The van der Waals surface area contributed by atoms with Gasteiger partial charge in [-0.15, -0.1) is 10.2 Å². The Kier molecular flexibility index (Phi) is 5.88. The molecule has 102 valence electrons. The zero-order valence-electron chi connectivity index (χ0n) is 10.3. The van der Waals surface area contributed by atoms with E-state index in [-0.39, 0.29) is 0 Å². The minimum atomic E-state index is 0.576. The van der Waals surface area contributed by atoms with Crippen molar-refractivity contribution >= 4 is 35.1 Å². The summed E-state index contributed by atoms with van der Waals surface area (Å²) in [5.41, 5.74) is 0. The van der Waals surface area contributed by atoms with E-state index in [2.05, 4.69) is 10.2 Å². The fraction of sp³-hybridized carbons (Fsp3) is 0.333. The van der Waals surface area contributed by atoms with E-state index >= 15 is 0 Å². The normalized spacial score (nSPS) is 10.6. The number of benzene rings is 1. The SMILES string of the molecule is CSCc1nnc(SCCOc2ccc(Cl)cc2)o1. The maximum Gasteiger partial charge on any atom is 0.276 e. The van der Waals surface area contributed by atoms with Crippen molar-refractivity contribution in [3.63, 3.8) is 0 Å². The lowest BCUT2D eigenvalue weighted by Gasteiger charge is -2.04. The van der Waals surface area contributed by atoms with Crippen LogP contribution in [0.3, 0.4) is 0 Å². The highest BCUT2D eigenvalue weighted by Gasteiger charge is 2.05. The van der Waals surface area contributed by atoms with E-state index in [1.165, 1.54) is 11.8 Å². The van der Waals surface area contributed by atoms with Crippen molar-refractivity contribution in [3.8, 4) is 5.75 Å². The van der Waals surface area contributed by atoms with Crippen LogP contribution in [0.15, 0.2) is 33.9 Å². The Labute approximate surface area is 125 Å². The quantitative estimate of drug-likeness (QED) is 0.572. The molecule has 0 atom stereocenters. The van der Waals surface area contributed by atoms with E-state index in [0.29, 0.717) is 22.7 Å². The van der Waals surface area contributed by atoms with E-state index in [0.717, 1.165) is 17.3 Å². The molecular weight excluding hydrogens is 304 g/mol. The van der Waals surface area contributed by atoms with Crippen molar-refractivity contribution in [1.29, 1.82) is 0 Å². The lowest BCUT2D eigenvalue weighted by atomic mass is 10.3. The number of hydrogen-bond acceptors (Lipinski definition) is 6. The van der Waals surface area contributed by atoms with Gasteiger partial charge in [0.2, 0.25) is 5.89 Å². The Balaban J connectivity index is 1.69. The second-order valence-corrected chi connectivity index (χ2v) is 5.89. The van der Waals surface area contributed by atoms with Crippen LogP contribution in [0.2, 0.25) is 5.02 Å². The Morgan fingerprint density at radius 2 is 2.05 bits per heavy atom. The summed E-state index contributed by atoms with van der Waals surface area (Å²) in [6, 6.07) is 7.29. The summed E-state index contributed by atoms with van der Waals surface area (Å²) in [5.74, 6) is 2.96. The van der Waals surface area contributed by atoms with Crippen LogP contribution >= 0.6 is 35.1 Å². The van der Waals surface area contributed by atoms with Gasteiger partial charge in [0.05, 0.1) is 12.4 Å². The molecule has 0 amide bonds. The molecule has 1 aromatic carbocycles. The molecule has 7 heteroatoms. The number of thioether (sulfide) groups is 2. The molecule has 1 aromatic heterocycles. The van der Waals surface area contributed by atoms with Crippen LogP contribution in [0.4, 0.5) is 0 Å². The third kappa shape index (κ3) is 4.97. The predicted molar refractivity (Wildman–Crippen MR) is 79.2 cm³/mol. The summed E-state index contributed by atoms with van der Waals surface area (Å²) in [6.07, 6.45) is 2.00. The molecule has 0 N–H and O–H groups in total. The van der Waals surface area contributed by atoms with Gasteiger partial charge in [-0.3, -0.25) is 0 Å². The highest BCUT2D eigenvalue weighted by molar-refractivity contribution is 7.99.